The highest BCUT2D eigenvalue weighted by Gasteiger charge is 2.48. The van der Waals surface area contributed by atoms with Crippen LogP contribution in [0.15, 0.2) is 69.2 Å². The Labute approximate surface area is 180 Å². The molecule has 3 aromatic rings. The van der Waals surface area contributed by atoms with E-state index >= 15 is 0 Å². The lowest BCUT2D eigenvalue weighted by atomic mass is 9.95. The predicted molar refractivity (Wildman–Crippen MR) is 113 cm³/mol. The molecule has 0 bridgehead atoms. The van der Waals surface area contributed by atoms with Crippen LogP contribution in [0.2, 0.25) is 0 Å². The number of aryl methyl sites for hydroxylation is 1. The molecular weight excluding hydrogens is 452 g/mol. The van der Waals surface area contributed by atoms with Crippen molar-refractivity contribution < 1.29 is 24.0 Å². The van der Waals surface area contributed by atoms with E-state index in [9.17, 15) is 14.7 Å². The largest absolute Gasteiger partial charge is 0.507 e. The molecule has 1 atom stereocenters. The topological polar surface area (TPSA) is 92.9 Å². The van der Waals surface area contributed by atoms with E-state index in [0.717, 1.165) is 4.47 Å². The van der Waals surface area contributed by atoms with Gasteiger partial charge in [0.25, 0.3) is 5.78 Å². The lowest BCUT2D eigenvalue weighted by Crippen LogP contribution is -2.29. The van der Waals surface area contributed by atoms with Crippen LogP contribution in [0.3, 0.4) is 0 Å². The highest BCUT2D eigenvalue weighted by Crippen LogP contribution is 2.42. The molecule has 2 heterocycles. The fourth-order valence-electron chi connectivity index (χ4n) is 3.40. The first kappa shape index (κ1) is 19.9. The average molecular weight is 469 g/mol. The van der Waals surface area contributed by atoms with Crippen molar-refractivity contribution in [3.05, 3.63) is 81.5 Å². The SMILES string of the molecule is COc1ccc(C2/C(=C(\O)c3ccc(Br)cc3)C(=O)C(=O)N2c2cc(C)on2)cc1. The molecule has 1 amide bonds. The number of anilines is 1. The molecule has 0 aliphatic carbocycles. The van der Waals surface area contributed by atoms with E-state index in [1.165, 1.54) is 4.90 Å². The number of hydrogen-bond donors (Lipinski definition) is 1. The van der Waals surface area contributed by atoms with E-state index in [2.05, 4.69) is 21.1 Å². The maximum Gasteiger partial charge on any atom is 0.301 e. The molecular formula is C22H17BrN2O5. The predicted octanol–water partition coefficient (Wildman–Crippen LogP) is 4.38. The number of methoxy groups -OCH3 is 1. The molecule has 1 aliphatic heterocycles. The van der Waals surface area contributed by atoms with Crippen LogP contribution in [-0.4, -0.2) is 29.1 Å². The van der Waals surface area contributed by atoms with Crippen molar-refractivity contribution in [3.8, 4) is 5.75 Å². The monoisotopic (exact) mass is 468 g/mol. The Bertz CT molecular complexity index is 1150. The Morgan fingerprint density at radius 2 is 1.80 bits per heavy atom. The van der Waals surface area contributed by atoms with Crippen molar-refractivity contribution in [2.24, 2.45) is 0 Å². The van der Waals surface area contributed by atoms with Gasteiger partial charge in [-0.15, -0.1) is 0 Å². The number of aromatic nitrogens is 1. The first-order chi connectivity index (χ1) is 14.4. The van der Waals surface area contributed by atoms with E-state index < -0.39 is 17.7 Å². The van der Waals surface area contributed by atoms with Crippen molar-refractivity contribution in [2.75, 3.05) is 12.0 Å². The van der Waals surface area contributed by atoms with Gasteiger partial charge in [0.15, 0.2) is 5.82 Å². The van der Waals surface area contributed by atoms with Gasteiger partial charge in [0.05, 0.1) is 18.7 Å². The second kappa shape index (κ2) is 7.79. The second-order valence-electron chi connectivity index (χ2n) is 6.74. The number of ketones is 1. The maximum absolute atomic E-state index is 13.0. The minimum Gasteiger partial charge on any atom is -0.507 e. The Balaban J connectivity index is 1.92. The Morgan fingerprint density at radius 3 is 2.37 bits per heavy atom. The van der Waals surface area contributed by atoms with Gasteiger partial charge in [-0.1, -0.05) is 45.4 Å². The number of carbonyl (C=O) groups is 2. The van der Waals surface area contributed by atoms with E-state index in [0.29, 0.717) is 22.6 Å². The minimum atomic E-state index is -0.871. The first-order valence-electron chi connectivity index (χ1n) is 9.05. The second-order valence-corrected chi connectivity index (χ2v) is 7.66. The molecule has 30 heavy (non-hydrogen) atoms. The zero-order chi connectivity index (χ0) is 21.4. The number of hydrogen-bond acceptors (Lipinski definition) is 6. The molecule has 4 rings (SSSR count). The molecule has 1 N–H and O–H groups in total. The fourth-order valence-corrected chi connectivity index (χ4v) is 3.66. The molecule has 1 aliphatic rings. The summed E-state index contributed by atoms with van der Waals surface area (Å²) in [5.41, 5.74) is 1.02. The Hall–Kier alpha value is -3.39. The number of nitrogens with zero attached hydrogens (tertiary/aromatic N) is 2. The van der Waals surface area contributed by atoms with Crippen LogP contribution in [0, 0.1) is 6.92 Å². The molecule has 1 aromatic heterocycles. The van der Waals surface area contributed by atoms with Crippen LogP contribution in [0.25, 0.3) is 5.76 Å². The minimum absolute atomic E-state index is 0.0202. The number of amides is 1. The molecule has 152 valence electrons. The smallest absolute Gasteiger partial charge is 0.301 e. The standard InChI is InChI=1S/C22H17BrN2O5/c1-12-11-17(24-30-12)25-19(13-5-9-16(29-2)10-6-13)18(21(27)22(25)28)20(26)14-3-7-15(23)8-4-14/h3-11,19,26H,1-2H3/b20-18+. The highest BCUT2D eigenvalue weighted by atomic mass is 79.9. The molecule has 7 nitrogen and oxygen atoms in total. The molecule has 0 radical (unpaired) electrons. The van der Waals surface area contributed by atoms with E-state index in [4.69, 9.17) is 9.26 Å². The summed E-state index contributed by atoms with van der Waals surface area (Å²) < 4.78 is 11.1. The number of halogens is 1. The molecule has 1 fully saturated rings. The van der Waals surface area contributed by atoms with Crippen molar-refractivity contribution in [1.29, 1.82) is 0 Å². The van der Waals surface area contributed by atoms with E-state index in [1.807, 2.05) is 0 Å². The van der Waals surface area contributed by atoms with E-state index in [1.54, 1.807) is 68.6 Å². The summed E-state index contributed by atoms with van der Waals surface area (Å²) >= 11 is 3.35. The van der Waals surface area contributed by atoms with Crippen LogP contribution < -0.4 is 9.64 Å². The molecule has 0 saturated carbocycles. The molecule has 8 heteroatoms. The maximum atomic E-state index is 13.0. The number of aliphatic hydroxyl groups excluding tert-OH is 1. The molecule has 1 unspecified atom stereocenters. The summed E-state index contributed by atoms with van der Waals surface area (Å²) in [6.07, 6.45) is 0. The number of ether oxygens (including phenoxy) is 1. The average Bonchev–Trinajstić information content (AvgIpc) is 3.29. The number of aliphatic hydroxyl groups is 1. The van der Waals surface area contributed by atoms with Crippen molar-refractivity contribution in [1.82, 2.24) is 5.16 Å². The van der Waals surface area contributed by atoms with Gasteiger partial charge >= 0.3 is 5.91 Å². The Morgan fingerprint density at radius 1 is 1.13 bits per heavy atom. The van der Waals surface area contributed by atoms with Gasteiger partial charge in [0.1, 0.15) is 17.3 Å². The third kappa shape index (κ3) is 3.39. The zero-order valence-corrected chi connectivity index (χ0v) is 17.7. The third-order valence-corrected chi connectivity index (χ3v) is 5.38. The number of carbonyl (C=O) groups excluding carboxylic acids is 2. The lowest BCUT2D eigenvalue weighted by Gasteiger charge is -2.23. The van der Waals surface area contributed by atoms with Crippen LogP contribution in [0.1, 0.15) is 22.9 Å². The third-order valence-electron chi connectivity index (χ3n) is 4.86. The summed E-state index contributed by atoms with van der Waals surface area (Å²) in [5.74, 6) is -0.525. The molecule has 0 spiro atoms. The van der Waals surface area contributed by atoms with Crippen LogP contribution >= 0.6 is 15.9 Å². The first-order valence-corrected chi connectivity index (χ1v) is 9.84. The summed E-state index contributed by atoms with van der Waals surface area (Å²) in [7, 11) is 1.55. The van der Waals surface area contributed by atoms with Crippen LogP contribution in [-0.2, 0) is 9.59 Å². The zero-order valence-electron chi connectivity index (χ0n) is 16.1. The summed E-state index contributed by atoms with van der Waals surface area (Å²) in [6, 6.07) is 14.4. The van der Waals surface area contributed by atoms with Gasteiger partial charge in [-0.3, -0.25) is 14.5 Å². The Kier molecular flexibility index (Phi) is 5.17. The molecule has 2 aromatic carbocycles. The van der Waals surface area contributed by atoms with Crippen molar-refractivity contribution in [2.45, 2.75) is 13.0 Å². The van der Waals surface area contributed by atoms with Crippen LogP contribution in [0.5, 0.6) is 5.75 Å². The van der Waals surface area contributed by atoms with E-state index in [-0.39, 0.29) is 17.2 Å². The molecule has 1 saturated heterocycles. The fraction of sp³-hybridized carbons (Fsp3) is 0.136. The van der Waals surface area contributed by atoms with Crippen molar-refractivity contribution in [3.63, 3.8) is 0 Å². The highest BCUT2D eigenvalue weighted by molar-refractivity contribution is 9.10. The quantitative estimate of drug-likeness (QED) is 0.347. The number of rotatable bonds is 4. The summed E-state index contributed by atoms with van der Waals surface area (Å²) in [6.45, 7) is 1.69. The number of benzene rings is 2. The van der Waals surface area contributed by atoms with Gasteiger partial charge in [-0.2, -0.15) is 0 Å². The summed E-state index contributed by atoms with van der Waals surface area (Å²) in [4.78, 5) is 27.2. The summed E-state index contributed by atoms with van der Waals surface area (Å²) in [5, 5.41) is 14.9. The van der Waals surface area contributed by atoms with Gasteiger partial charge < -0.3 is 14.4 Å². The lowest BCUT2D eigenvalue weighted by molar-refractivity contribution is -0.132. The van der Waals surface area contributed by atoms with Gasteiger partial charge in [-0.05, 0) is 36.8 Å². The van der Waals surface area contributed by atoms with Crippen LogP contribution in [0.4, 0.5) is 5.82 Å². The van der Waals surface area contributed by atoms with Gasteiger partial charge in [-0.25, -0.2) is 0 Å². The van der Waals surface area contributed by atoms with Gasteiger partial charge in [0, 0.05) is 16.1 Å². The van der Waals surface area contributed by atoms with Crippen molar-refractivity contribution >= 4 is 39.2 Å². The van der Waals surface area contributed by atoms with Gasteiger partial charge in [0.2, 0.25) is 0 Å². The number of Topliss-reactive ketones (excluding diaryl/α,β-unsaturated/α-hetero) is 1. The normalized spacial score (nSPS) is 18.1.